The van der Waals surface area contributed by atoms with Gasteiger partial charge in [0.05, 0.1) is 0 Å². The smallest absolute Gasteiger partial charge is 0.0104 e. The summed E-state index contributed by atoms with van der Waals surface area (Å²) in [7, 11) is 0. The lowest BCUT2D eigenvalue weighted by atomic mass is 9.62. The van der Waals surface area contributed by atoms with Crippen LogP contribution in [0.15, 0.2) is 23.3 Å². The summed E-state index contributed by atoms with van der Waals surface area (Å²) in [5, 5.41) is 0. The highest BCUT2D eigenvalue weighted by molar-refractivity contribution is 5.42. The number of hydrogen-bond acceptors (Lipinski definition) is 0. The van der Waals surface area contributed by atoms with Crippen molar-refractivity contribution >= 4 is 0 Å². The molecule has 1 atom stereocenters. The van der Waals surface area contributed by atoms with Crippen molar-refractivity contribution in [1.82, 2.24) is 0 Å². The maximum atomic E-state index is 2.51. The first kappa shape index (κ1) is 11.0. The molecule has 0 aromatic carbocycles. The normalized spacial score (nSPS) is 29.5. The molecule has 0 bridgehead atoms. The highest BCUT2D eigenvalue weighted by Crippen LogP contribution is 2.49. The van der Waals surface area contributed by atoms with Gasteiger partial charge in [0, 0.05) is 0 Å². The first-order chi connectivity index (χ1) is 7.02. The minimum atomic E-state index is 0.428. The zero-order valence-electron chi connectivity index (χ0n) is 10.6. The third kappa shape index (κ3) is 1.91. The van der Waals surface area contributed by atoms with Gasteiger partial charge in [-0.3, -0.25) is 0 Å². The van der Waals surface area contributed by atoms with E-state index in [4.69, 9.17) is 0 Å². The summed E-state index contributed by atoms with van der Waals surface area (Å²) in [5.41, 5.74) is 3.78. The van der Waals surface area contributed by atoms with Crippen LogP contribution >= 0.6 is 0 Å². The predicted octanol–water partition coefficient (Wildman–Crippen LogP) is 4.73. The van der Waals surface area contributed by atoms with Crippen molar-refractivity contribution < 1.29 is 0 Å². The Hall–Kier alpha value is -0.520. The van der Waals surface area contributed by atoms with E-state index in [9.17, 15) is 0 Å². The average Bonchev–Trinajstić information content (AvgIpc) is 2.17. The van der Waals surface area contributed by atoms with Crippen molar-refractivity contribution in [3.63, 3.8) is 0 Å². The molecule has 2 rings (SSSR count). The van der Waals surface area contributed by atoms with Gasteiger partial charge in [0.25, 0.3) is 0 Å². The lowest BCUT2D eigenvalue weighted by molar-refractivity contribution is 0.277. The molecule has 1 fully saturated rings. The zero-order chi connectivity index (χ0) is 11.1. The SMILES string of the molecule is CC(C)C1CCC(C)(C)C2=CCCC=C21. The van der Waals surface area contributed by atoms with Crippen LogP contribution in [-0.2, 0) is 0 Å². The molecular weight excluding hydrogens is 180 g/mol. The van der Waals surface area contributed by atoms with Gasteiger partial charge in [0.1, 0.15) is 0 Å². The summed E-state index contributed by atoms with van der Waals surface area (Å²) in [6.45, 7) is 9.56. The molecule has 0 saturated heterocycles. The Kier molecular flexibility index (Phi) is 2.79. The van der Waals surface area contributed by atoms with E-state index in [2.05, 4.69) is 39.8 Å². The number of rotatable bonds is 1. The standard InChI is InChI=1S/C15H24/c1-11(2)12-9-10-15(3,4)14-8-6-5-7-13(12)14/h7-8,11-12H,5-6,9-10H2,1-4H3. The van der Waals surface area contributed by atoms with Gasteiger partial charge in [0.15, 0.2) is 0 Å². The largest absolute Gasteiger partial charge is 0.0804 e. The van der Waals surface area contributed by atoms with Crippen molar-refractivity contribution in [1.29, 1.82) is 0 Å². The second-order valence-electron chi connectivity index (χ2n) is 6.13. The summed E-state index contributed by atoms with van der Waals surface area (Å²) in [4.78, 5) is 0. The van der Waals surface area contributed by atoms with Gasteiger partial charge in [-0.25, -0.2) is 0 Å². The second-order valence-corrected chi connectivity index (χ2v) is 6.13. The van der Waals surface area contributed by atoms with E-state index in [1.807, 2.05) is 0 Å². The van der Waals surface area contributed by atoms with Crippen LogP contribution in [0.2, 0.25) is 0 Å². The summed E-state index contributed by atoms with van der Waals surface area (Å²) >= 11 is 0. The van der Waals surface area contributed by atoms with Crippen LogP contribution in [0.3, 0.4) is 0 Å². The summed E-state index contributed by atoms with van der Waals surface area (Å²) in [6.07, 6.45) is 10.3. The lowest BCUT2D eigenvalue weighted by Gasteiger charge is -2.42. The van der Waals surface area contributed by atoms with E-state index in [1.54, 1.807) is 11.1 Å². The molecule has 0 N–H and O–H groups in total. The van der Waals surface area contributed by atoms with E-state index in [1.165, 1.54) is 25.7 Å². The quantitative estimate of drug-likeness (QED) is 0.579. The van der Waals surface area contributed by atoms with E-state index in [-0.39, 0.29) is 0 Å². The Morgan fingerprint density at radius 2 is 1.87 bits per heavy atom. The monoisotopic (exact) mass is 204 g/mol. The number of fused-ring (bicyclic) bond motifs is 1. The van der Waals surface area contributed by atoms with Crippen LogP contribution in [0.5, 0.6) is 0 Å². The molecule has 0 nitrogen and oxygen atoms in total. The molecule has 1 saturated carbocycles. The molecule has 1 unspecified atom stereocenters. The molecule has 2 aliphatic carbocycles. The van der Waals surface area contributed by atoms with Crippen molar-refractivity contribution in [2.45, 2.75) is 53.4 Å². The Morgan fingerprint density at radius 3 is 2.53 bits per heavy atom. The fraction of sp³-hybridized carbons (Fsp3) is 0.733. The molecule has 84 valence electrons. The molecule has 0 heteroatoms. The molecule has 0 radical (unpaired) electrons. The van der Waals surface area contributed by atoms with Crippen molar-refractivity contribution in [2.24, 2.45) is 17.3 Å². The van der Waals surface area contributed by atoms with E-state index in [0.29, 0.717) is 5.41 Å². The first-order valence-electron chi connectivity index (χ1n) is 6.43. The van der Waals surface area contributed by atoms with Crippen molar-refractivity contribution in [3.05, 3.63) is 23.3 Å². The van der Waals surface area contributed by atoms with Crippen LogP contribution in [0.4, 0.5) is 0 Å². The minimum absolute atomic E-state index is 0.428. The molecule has 2 aliphatic rings. The van der Waals surface area contributed by atoms with Crippen LogP contribution in [0.1, 0.15) is 53.4 Å². The predicted molar refractivity (Wildman–Crippen MR) is 66.7 cm³/mol. The fourth-order valence-electron chi connectivity index (χ4n) is 3.21. The van der Waals surface area contributed by atoms with Crippen LogP contribution in [0, 0.1) is 17.3 Å². The molecule has 0 amide bonds. The van der Waals surface area contributed by atoms with Gasteiger partial charge >= 0.3 is 0 Å². The summed E-state index contributed by atoms with van der Waals surface area (Å²) < 4.78 is 0. The zero-order valence-corrected chi connectivity index (χ0v) is 10.6. The molecular formula is C15H24. The topological polar surface area (TPSA) is 0 Å². The average molecular weight is 204 g/mol. The van der Waals surface area contributed by atoms with Gasteiger partial charge in [0.2, 0.25) is 0 Å². The number of allylic oxidation sites excluding steroid dienone is 4. The van der Waals surface area contributed by atoms with E-state index >= 15 is 0 Å². The highest BCUT2D eigenvalue weighted by atomic mass is 14.4. The second kappa shape index (κ2) is 3.81. The van der Waals surface area contributed by atoms with Gasteiger partial charge in [-0.2, -0.15) is 0 Å². The van der Waals surface area contributed by atoms with Gasteiger partial charge in [-0.1, -0.05) is 39.8 Å². The molecule has 0 aliphatic heterocycles. The molecule has 0 aromatic rings. The Morgan fingerprint density at radius 1 is 1.20 bits per heavy atom. The molecule has 15 heavy (non-hydrogen) atoms. The Balaban J connectivity index is 2.33. The fourth-order valence-corrected chi connectivity index (χ4v) is 3.21. The van der Waals surface area contributed by atoms with Crippen molar-refractivity contribution in [3.8, 4) is 0 Å². The van der Waals surface area contributed by atoms with Gasteiger partial charge in [-0.15, -0.1) is 0 Å². The summed E-state index contributed by atoms with van der Waals surface area (Å²) in [6, 6.07) is 0. The maximum Gasteiger partial charge on any atom is -0.0104 e. The van der Waals surface area contributed by atoms with E-state index < -0.39 is 0 Å². The van der Waals surface area contributed by atoms with Gasteiger partial charge in [-0.05, 0) is 54.1 Å². The van der Waals surface area contributed by atoms with Crippen LogP contribution in [0.25, 0.3) is 0 Å². The Bertz CT molecular complexity index is 302. The van der Waals surface area contributed by atoms with Gasteiger partial charge < -0.3 is 0 Å². The van der Waals surface area contributed by atoms with Crippen molar-refractivity contribution in [2.75, 3.05) is 0 Å². The third-order valence-corrected chi connectivity index (χ3v) is 4.20. The van der Waals surface area contributed by atoms with E-state index in [0.717, 1.165) is 11.8 Å². The first-order valence-corrected chi connectivity index (χ1v) is 6.43. The van der Waals surface area contributed by atoms with Crippen LogP contribution < -0.4 is 0 Å². The lowest BCUT2D eigenvalue weighted by Crippen LogP contribution is -2.30. The Labute approximate surface area is 94.5 Å². The molecule has 0 aromatic heterocycles. The third-order valence-electron chi connectivity index (χ3n) is 4.20. The maximum absolute atomic E-state index is 2.51. The summed E-state index contributed by atoms with van der Waals surface area (Å²) in [5.74, 6) is 1.62. The molecule has 0 spiro atoms. The number of hydrogen-bond donors (Lipinski definition) is 0. The highest BCUT2D eigenvalue weighted by Gasteiger charge is 2.36. The van der Waals surface area contributed by atoms with Crippen LogP contribution in [-0.4, -0.2) is 0 Å². The minimum Gasteiger partial charge on any atom is -0.0804 e. The molecule has 0 heterocycles.